The molecular formula is C26H22F2N2O3S. The number of aliphatic carboxylic acids is 1. The van der Waals surface area contributed by atoms with Gasteiger partial charge in [-0.2, -0.15) is 0 Å². The van der Waals surface area contributed by atoms with Gasteiger partial charge in [0.05, 0.1) is 10.6 Å². The fourth-order valence-electron chi connectivity index (χ4n) is 4.90. The van der Waals surface area contributed by atoms with E-state index in [1.165, 1.54) is 6.07 Å². The first kappa shape index (κ1) is 22.4. The van der Waals surface area contributed by atoms with Gasteiger partial charge in [-0.3, -0.25) is 9.59 Å². The lowest BCUT2D eigenvalue weighted by molar-refractivity contribution is -0.146. The Hall–Kier alpha value is -3.39. The zero-order chi connectivity index (χ0) is 23.9. The number of thiazole rings is 1. The summed E-state index contributed by atoms with van der Waals surface area (Å²) in [7, 11) is 0. The first-order chi connectivity index (χ1) is 16.4. The number of rotatable bonds is 6. The highest BCUT2D eigenvalue weighted by Gasteiger charge is 2.46. The minimum Gasteiger partial charge on any atom is -0.481 e. The Morgan fingerprint density at radius 2 is 1.76 bits per heavy atom. The highest BCUT2D eigenvalue weighted by atomic mass is 32.1. The molecule has 1 aromatic heterocycles. The summed E-state index contributed by atoms with van der Waals surface area (Å²) in [5.74, 6) is -4.18. The van der Waals surface area contributed by atoms with Gasteiger partial charge < -0.3 is 10.4 Å². The summed E-state index contributed by atoms with van der Waals surface area (Å²) in [5, 5.41) is 13.0. The quantitative estimate of drug-likeness (QED) is 0.442. The second kappa shape index (κ2) is 8.76. The van der Waals surface area contributed by atoms with Crippen molar-refractivity contribution in [2.75, 3.05) is 5.32 Å². The maximum Gasteiger partial charge on any atom is 0.307 e. The number of allylic oxidation sites excluding steroid dienone is 2. The molecule has 34 heavy (non-hydrogen) atoms. The number of hydrogen-bond acceptors (Lipinski definition) is 5. The number of carbonyl (C=O) groups is 2. The fraction of sp³-hybridized carbons (Fsp3) is 0.269. The van der Waals surface area contributed by atoms with E-state index in [1.807, 2.05) is 42.5 Å². The van der Waals surface area contributed by atoms with Gasteiger partial charge in [0.25, 0.3) is 0 Å². The molecule has 5 nitrogen and oxygen atoms in total. The van der Waals surface area contributed by atoms with Gasteiger partial charge in [-0.25, -0.2) is 13.8 Å². The monoisotopic (exact) mass is 480 g/mol. The number of nitrogens with zero attached hydrogens (tertiary/aromatic N) is 1. The van der Waals surface area contributed by atoms with Crippen LogP contribution in [0.4, 0.5) is 13.9 Å². The van der Waals surface area contributed by atoms with Crippen LogP contribution in [0.25, 0.3) is 10.2 Å². The van der Waals surface area contributed by atoms with Gasteiger partial charge in [0.1, 0.15) is 16.9 Å². The van der Waals surface area contributed by atoms with E-state index in [0.717, 1.165) is 23.0 Å². The van der Waals surface area contributed by atoms with Crippen molar-refractivity contribution in [2.45, 2.75) is 30.7 Å². The van der Waals surface area contributed by atoms with Gasteiger partial charge in [0.15, 0.2) is 16.7 Å². The fourth-order valence-corrected chi connectivity index (χ4v) is 5.88. The number of hydrogen-bond donors (Lipinski definition) is 2. The predicted octanol–water partition coefficient (Wildman–Crippen LogP) is 5.71. The summed E-state index contributed by atoms with van der Waals surface area (Å²) in [6.45, 7) is 0. The third-order valence-electron chi connectivity index (χ3n) is 6.62. The van der Waals surface area contributed by atoms with E-state index in [1.54, 1.807) is 12.2 Å². The molecule has 0 amide bonds. The van der Waals surface area contributed by atoms with Gasteiger partial charge in [-0.05, 0) is 24.5 Å². The molecule has 2 atom stereocenters. The van der Waals surface area contributed by atoms with Crippen LogP contribution >= 0.6 is 11.3 Å². The van der Waals surface area contributed by atoms with Gasteiger partial charge in [-0.15, -0.1) is 0 Å². The maximum atomic E-state index is 14.2. The number of carbonyl (C=O) groups excluding carboxylic acids is 1. The van der Waals surface area contributed by atoms with E-state index in [9.17, 15) is 23.5 Å². The maximum absolute atomic E-state index is 14.2. The lowest BCUT2D eigenvalue weighted by Gasteiger charge is -2.34. The average Bonchev–Trinajstić information content (AvgIpc) is 3.47. The number of benzene rings is 2. The molecule has 0 unspecified atom stereocenters. The lowest BCUT2D eigenvalue weighted by atomic mass is 9.76. The second-order valence-corrected chi connectivity index (χ2v) is 9.78. The van der Waals surface area contributed by atoms with E-state index in [0.29, 0.717) is 24.0 Å². The van der Waals surface area contributed by atoms with Crippen LogP contribution in [0, 0.1) is 23.5 Å². The van der Waals surface area contributed by atoms with E-state index in [4.69, 9.17) is 0 Å². The number of aromatic nitrogens is 1. The third kappa shape index (κ3) is 4.03. The molecule has 174 valence electrons. The summed E-state index contributed by atoms with van der Waals surface area (Å²) in [5.41, 5.74) is -0.263. The summed E-state index contributed by atoms with van der Waals surface area (Å²) in [6.07, 6.45) is 8.89. The van der Waals surface area contributed by atoms with Crippen LogP contribution in [0.15, 0.2) is 66.8 Å². The van der Waals surface area contributed by atoms with Crippen molar-refractivity contribution in [3.05, 3.63) is 84.0 Å². The standard InChI is InChI=1S/C26H22F2N2O3S/c27-17-13-20(28)22-21(14-17)34-25(29-22)30-26(23(31)18-7-4-8-19(18)24(32)33)11-9-16(10-12-26)15-5-2-1-3-6-15/h1-3,5-6,9-14,16,18-19H,4,7-8H2,(H,29,30)(H,32,33)/t16?,18-,19-,26?/m0/s1. The Kier molecular flexibility index (Phi) is 5.77. The number of fused-ring (bicyclic) bond motifs is 1. The Morgan fingerprint density at radius 3 is 2.47 bits per heavy atom. The van der Waals surface area contributed by atoms with E-state index >= 15 is 0 Å². The second-order valence-electron chi connectivity index (χ2n) is 8.75. The molecular weight excluding hydrogens is 458 g/mol. The number of Topliss-reactive ketones (excluding diaryl/α,β-unsaturated/α-hetero) is 1. The van der Waals surface area contributed by atoms with Crippen molar-refractivity contribution in [1.82, 2.24) is 4.98 Å². The molecule has 0 aliphatic heterocycles. The Bertz CT molecular complexity index is 1300. The molecule has 2 aliphatic carbocycles. The molecule has 3 aromatic rings. The van der Waals surface area contributed by atoms with Crippen molar-refractivity contribution in [1.29, 1.82) is 0 Å². The molecule has 8 heteroatoms. The van der Waals surface area contributed by atoms with Crippen LogP contribution in [0.5, 0.6) is 0 Å². The molecule has 0 spiro atoms. The van der Waals surface area contributed by atoms with Gasteiger partial charge in [0, 0.05) is 17.9 Å². The summed E-state index contributed by atoms with van der Waals surface area (Å²) < 4.78 is 28.2. The van der Waals surface area contributed by atoms with Crippen LogP contribution in [-0.4, -0.2) is 27.4 Å². The summed E-state index contributed by atoms with van der Waals surface area (Å²) in [6, 6.07) is 11.8. The molecule has 2 N–H and O–H groups in total. The molecule has 2 aliphatic rings. The largest absolute Gasteiger partial charge is 0.481 e. The van der Waals surface area contributed by atoms with Crippen LogP contribution in [0.1, 0.15) is 30.7 Å². The van der Waals surface area contributed by atoms with E-state index < -0.39 is 35.0 Å². The van der Waals surface area contributed by atoms with Crippen LogP contribution in [-0.2, 0) is 9.59 Å². The molecule has 2 aromatic carbocycles. The highest BCUT2D eigenvalue weighted by molar-refractivity contribution is 7.22. The smallest absolute Gasteiger partial charge is 0.307 e. The van der Waals surface area contributed by atoms with E-state index in [2.05, 4.69) is 10.3 Å². The number of nitrogens with one attached hydrogen (secondary N) is 1. The van der Waals surface area contributed by atoms with Crippen molar-refractivity contribution in [3.8, 4) is 0 Å². The number of carboxylic acid groups (broad SMARTS) is 1. The van der Waals surface area contributed by atoms with Gasteiger partial charge in [-0.1, -0.05) is 72.4 Å². The Balaban J connectivity index is 1.53. The lowest BCUT2D eigenvalue weighted by Crippen LogP contribution is -2.48. The molecule has 1 heterocycles. The molecule has 0 bridgehead atoms. The first-order valence-corrected chi connectivity index (χ1v) is 11.9. The molecule has 1 fully saturated rings. The zero-order valence-electron chi connectivity index (χ0n) is 18.1. The van der Waals surface area contributed by atoms with Gasteiger partial charge in [0.2, 0.25) is 0 Å². The minimum absolute atomic E-state index is 0.0201. The number of anilines is 1. The molecule has 0 radical (unpaired) electrons. The SMILES string of the molecule is O=C(O)[C@H]1CCC[C@@H]1C(=O)C1(Nc2nc3c(F)cc(F)cc3s2)C=CC(c2ccccc2)C=C1. The number of ketones is 1. The predicted molar refractivity (Wildman–Crippen MR) is 127 cm³/mol. The molecule has 0 saturated heterocycles. The molecule has 1 saturated carbocycles. The summed E-state index contributed by atoms with van der Waals surface area (Å²) >= 11 is 1.04. The highest BCUT2D eigenvalue weighted by Crippen LogP contribution is 2.40. The first-order valence-electron chi connectivity index (χ1n) is 11.1. The van der Waals surface area contributed by atoms with Crippen molar-refractivity contribution >= 4 is 38.4 Å². The summed E-state index contributed by atoms with van der Waals surface area (Å²) in [4.78, 5) is 29.9. The minimum atomic E-state index is -1.34. The van der Waals surface area contributed by atoms with Crippen LogP contribution in [0.3, 0.4) is 0 Å². The van der Waals surface area contributed by atoms with E-state index in [-0.39, 0.29) is 22.3 Å². The van der Waals surface area contributed by atoms with Crippen molar-refractivity contribution in [3.63, 3.8) is 0 Å². The normalized spacial score (nSPS) is 26.1. The van der Waals surface area contributed by atoms with Crippen molar-refractivity contribution in [2.24, 2.45) is 11.8 Å². The van der Waals surface area contributed by atoms with Crippen LogP contribution in [0.2, 0.25) is 0 Å². The molecule has 5 rings (SSSR count). The average molecular weight is 481 g/mol. The van der Waals surface area contributed by atoms with Gasteiger partial charge >= 0.3 is 5.97 Å². The third-order valence-corrected chi connectivity index (χ3v) is 7.54. The number of halogens is 2. The Labute approximate surface area is 198 Å². The zero-order valence-corrected chi connectivity index (χ0v) is 18.9. The van der Waals surface area contributed by atoms with Crippen molar-refractivity contribution < 1.29 is 23.5 Å². The van der Waals surface area contributed by atoms with Crippen LogP contribution < -0.4 is 5.32 Å². The topological polar surface area (TPSA) is 79.3 Å². The Morgan fingerprint density at radius 1 is 1.06 bits per heavy atom. The number of carboxylic acids is 1.